The van der Waals surface area contributed by atoms with Crippen molar-refractivity contribution in [3.63, 3.8) is 0 Å². The van der Waals surface area contributed by atoms with Crippen LogP contribution >= 0.6 is 0 Å². The van der Waals surface area contributed by atoms with E-state index in [1.165, 1.54) is 6.20 Å². The number of carboxylic acid groups (broad SMARTS) is 1. The first-order chi connectivity index (χ1) is 8.58. The lowest BCUT2D eigenvalue weighted by Crippen LogP contribution is -2.01. The summed E-state index contributed by atoms with van der Waals surface area (Å²) in [5.74, 6) is -0.773. The fourth-order valence-electron chi connectivity index (χ4n) is 1.85. The summed E-state index contributed by atoms with van der Waals surface area (Å²) in [5, 5.41) is 8.92. The lowest BCUT2D eigenvalue weighted by molar-refractivity contribution is 0.0690. The van der Waals surface area contributed by atoms with Crippen LogP contribution in [0.15, 0.2) is 18.3 Å². The zero-order valence-electron chi connectivity index (χ0n) is 9.45. The van der Waals surface area contributed by atoms with Gasteiger partial charge in [-0.1, -0.05) is 0 Å². The highest BCUT2D eigenvalue weighted by Gasteiger charge is 2.13. The molecule has 7 heteroatoms. The molecular weight excluding hydrogens is 234 g/mol. The molecule has 0 radical (unpaired) electrons. The summed E-state index contributed by atoms with van der Waals surface area (Å²) < 4.78 is 1.71. The van der Waals surface area contributed by atoms with Crippen molar-refractivity contribution in [1.82, 2.24) is 19.5 Å². The number of carboxylic acids is 1. The summed E-state index contributed by atoms with van der Waals surface area (Å²) in [6.45, 7) is 0. The third kappa shape index (κ3) is 1.30. The van der Waals surface area contributed by atoms with Crippen molar-refractivity contribution in [2.75, 3.05) is 5.73 Å². The summed E-state index contributed by atoms with van der Waals surface area (Å²) in [6, 6.07) is 3.59. The molecule has 1 aromatic carbocycles. The smallest absolute Gasteiger partial charge is 0.356 e. The van der Waals surface area contributed by atoms with Gasteiger partial charge in [0.15, 0.2) is 5.69 Å². The molecule has 0 saturated heterocycles. The SMILES string of the molecule is Cn1c(N)nc2c3nc(C(=O)O)cnc3ccc21. The number of imidazole rings is 1. The molecule has 0 unspecified atom stereocenters. The number of nitrogens with two attached hydrogens (primary N) is 1. The maximum Gasteiger partial charge on any atom is 0.356 e. The van der Waals surface area contributed by atoms with Gasteiger partial charge in [-0.05, 0) is 12.1 Å². The number of aromatic carboxylic acids is 1. The number of hydrogen-bond donors (Lipinski definition) is 2. The molecule has 0 aliphatic rings. The van der Waals surface area contributed by atoms with Crippen LogP contribution in [-0.4, -0.2) is 30.6 Å². The second-order valence-corrected chi connectivity index (χ2v) is 3.89. The van der Waals surface area contributed by atoms with Gasteiger partial charge in [-0.15, -0.1) is 0 Å². The summed E-state index contributed by atoms with van der Waals surface area (Å²) in [4.78, 5) is 23.2. The highest BCUT2D eigenvalue weighted by atomic mass is 16.4. The second kappa shape index (κ2) is 3.39. The van der Waals surface area contributed by atoms with Gasteiger partial charge in [0.25, 0.3) is 0 Å². The number of aromatic nitrogens is 4. The number of nitrogen functional groups attached to an aromatic ring is 1. The molecule has 0 saturated carbocycles. The van der Waals surface area contributed by atoms with E-state index in [1.54, 1.807) is 17.7 Å². The quantitative estimate of drug-likeness (QED) is 0.654. The first-order valence-corrected chi connectivity index (χ1v) is 5.19. The summed E-state index contributed by atoms with van der Waals surface area (Å²) in [6.07, 6.45) is 1.22. The van der Waals surface area contributed by atoms with Gasteiger partial charge in [0, 0.05) is 7.05 Å². The first-order valence-electron chi connectivity index (χ1n) is 5.19. The molecular formula is C11H9N5O2. The highest BCUT2D eigenvalue weighted by molar-refractivity contribution is 6.02. The third-order valence-electron chi connectivity index (χ3n) is 2.82. The maximum atomic E-state index is 10.9. The molecule has 3 rings (SSSR count). The highest BCUT2D eigenvalue weighted by Crippen LogP contribution is 2.23. The molecule has 0 bridgehead atoms. The molecule has 0 spiro atoms. The van der Waals surface area contributed by atoms with E-state index < -0.39 is 5.97 Å². The molecule has 3 aromatic rings. The molecule has 90 valence electrons. The fraction of sp³-hybridized carbons (Fsp3) is 0.0909. The van der Waals surface area contributed by atoms with Gasteiger partial charge in [0.1, 0.15) is 11.0 Å². The number of hydrogen-bond acceptors (Lipinski definition) is 5. The van der Waals surface area contributed by atoms with Gasteiger partial charge >= 0.3 is 5.97 Å². The fourth-order valence-corrected chi connectivity index (χ4v) is 1.85. The number of benzene rings is 1. The van der Waals surface area contributed by atoms with Gasteiger partial charge in [-0.3, -0.25) is 4.98 Å². The van der Waals surface area contributed by atoms with Crippen molar-refractivity contribution < 1.29 is 9.90 Å². The van der Waals surface area contributed by atoms with E-state index in [0.717, 1.165) is 5.52 Å². The molecule has 0 fully saturated rings. The number of nitrogens with zero attached hydrogens (tertiary/aromatic N) is 4. The molecule has 18 heavy (non-hydrogen) atoms. The minimum absolute atomic E-state index is 0.112. The van der Waals surface area contributed by atoms with Crippen molar-refractivity contribution in [3.05, 3.63) is 24.0 Å². The van der Waals surface area contributed by atoms with E-state index in [2.05, 4.69) is 15.0 Å². The van der Waals surface area contributed by atoms with E-state index in [-0.39, 0.29) is 5.69 Å². The lowest BCUT2D eigenvalue weighted by Gasteiger charge is -2.00. The van der Waals surface area contributed by atoms with Crippen LogP contribution in [0, 0.1) is 0 Å². The Morgan fingerprint density at radius 1 is 1.33 bits per heavy atom. The Balaban J connectivity index is 2.47. The Labute approximate surface area is 101 Å². The minimum Gasteiger partial charge on any atom is -0.476 e. The Morgan fingerprint density at radius 2 is 2.11 bits per heavy atom. The Bertz CT molecular complexity index is 793. The van der Waals surface area contributed by atoms with Crippen LogP contribution in [0.5, 0.6) is 0 Å². The minimum atomic E-state index is -1.12. The average molecular weight is 243 g/mol. The van der Waals surface area contributed by atoms with Crippen LogP contribution in [-0.2, 0) is 7.05 Å². The maximum absolute atomic E-state index is 10.9. The lowest BCUT2D eigenvalue weighted by atomic mass is 10.2. The van der Waals surface area contributed by atoms with Crippen molar-refractivity contribution in [2.45, 2.75) is 0 Å². The summed E-state index contributed by atoms with van der Waals surface area (Å²) in [7, 11) is 1.78. The van der Waals surface area contributed by atoms with Crippen molar-refractivity contribution in [3.8, 4) is 0 Å². The van der Waals surface area contributed by atoms with Gasteiger partial charge in [-0.2, -0.15) is 0 Å². The van der Waals surface area contributed by atoms with Crippen molar-refractivity contribution in [2.24, 2.45) is 7.05 Å². The van der Waals surface area contributed by atoms with E-state index in [1.807, 2.05) is 6.07 Å². The molecule has 7 nitrogen and oxygen atoms in total. The van der Waals surface area contributed by atoms with E-state index in [4.69, 9.17) is 10.8 Å². The van der Waals surface area contributed by atoms with E-state index in [9.17, 15) is 4.79 Å². The predicted molar refractivity (Wildman–Crippen MR) is 65.2 cm³/mol. The van der Waals surface area contributed by atoms with Gasteiger partial charge in [0.2, 0.25) is 5.95 Å². The molecule has 0 amide bonds. The van der Waals surface area contributed by atoms with Gasteiger partial charge in [0.05, 0.1) is 17.2 Å². The molecule has 0 aliphatic heterocycles. The molecule has 0 atom stereocenters. The second-order valence-electron chi connectivity index (χ2n) is 3.89. The normalized spacial score (nSPS) is 11.2. The Morgan fingerprint density at radius 3 is 2.83 bits per heavy atom. The summed E-state index contributed by atoms with van der Waals surface area (Å²) >= 11 is 0. The standard InChI is InChI=1S/C11H9N5O2/c1-16-7-3-2-5-8(9(7)15-11(16)12)14-6(4-13-5)10(17)18/h2-4H,1H3,(H2,12,15)(H,17,18). The largest absolute Gasteiger partial charge is 0.476 e. The average Bonchev–Trinajstić information content (AvgIpc) is 2.65. The topological polar surface area (TPSA) is 107 Å². The van der Waals surface area contributed by atoms with Crippen LogP contribution in [0.1, 0.15) is 10.5 Å². The van der Waals surface area contributed by atoms with Crippen LogP contribution in [0.3, 0.4) is 0 Å². The van der Waals surface area contributed by atoms with Crippen molar-refractivity contribution >= 4 is 34.0 Å². The number of fused-ring (bicyclic) bond motifs is 3. The number of carbonyl (C=O) groups is 1. The number of rotatable bonds is 1. The monoisotopic (exact) mass is 243 g/mol. The van der Waals surface area contributed by atoms with Crippen LogP contribution < -0.4 is 5.73 Å². The zero-order valence-corrected chi connectivity index (χ0v) is 9.45. The van der Waals surface area contributed by atoms with E-state index >= 15 is 0 Å². The zero-order chi connectivity index (χ0) is 12.9. The Hall–Kier alpha value is -2.70. The van der Waals surface area contributed by atoms with Gasteiger partial charge in [-0.25, -0.2) is 14.8 Å². The third-order valence-corrected chi connectivity index (χ3v) is 2.82. The van der Waals surface area contributed by atoms with Crippen molar-refractivity contribution in [1.29, 1.82) is 0 Å². The summed E-state index contributed by atoms with van der Waals surface area (Å²) in [5.41, 5.74) is 8.00. The van der Waals surface area contributed by atoms with Crippen LogP contribution in [0.25, 0.3) is 22.1 Å². The van der Waals surface area contributed by atoms with E-state index in [0.29, 0.717) is 22.5 Å². The molecule has 3 N–H and O–H groups in total. The predicted octanol–water partition coefficient (Wildman–Crippen LogP) is 0.797. The molecule has 0 aliphatic carbocycles. The molecule has 2 heterocycles. The number of anilines is 1. The Kier molecular flexibility index (Phi) is 1.97. The number of aryl methyl sites for hydroxylation is 1. The van der Waals surface area contributed by atoms with Gasteiger partial charge < -0.3 is 15.4 Å². The molecule has 2 aromatic heterocycles. The van der Waals surface area contributed by atoms with Crippen LogP contribution in [0.2, 0.25) is 0 Å². The first kappa shape index (κ1) is 10.5. The van der Waals surface area contributed by atoms with Crippen LogP contribution in [0.4, 0.5) is 5.95 Å².